The zero-order chi connectivity index (χ0) is 23.2. The largest absolute Gasteiger partial charge is 0.417 e. The Bertz CT molecular complexity index is 1140. The lowest BCUT2D eigenvalue weighted by Gasteiger charge is -2.23. The molecule has 0 unspecified atom stereocenters. The van der Waals surface area contributed by atoms with Gasteiger partial charge in [0, 0.05) is 12.2 Å². The number of ether oxygens (including phenoxy) is 1. The number of benzene rings is 3. The zero-order valence-electron chi connectivity index (χ0n) is 16.6. The number of rotatable bonds is 7. The second-order valence-corrected chi connectivity index (χ2v) is 8.66. The van der Waals surface area contributed by atoms with Crippen LogP contribution in [0, 0.1) is 0 Å². The average molecular weight is 464 g/mol. The molecule has 3 aromatic rings. The summed E-state index contributed by atoms with van der Waals surface area (Å²) in [7, 11) is -4.46. The first-order chi connectivity index (χ1) is 15.1. The number of amides is 1. The van der Waals surface area contributed by atoms with Crippen molar-refractivity contribution in [1.29, 1.82) is 0 Å². The lowest BCUT2D eigenvalue weighted by atomic mass is 10.2. The van der Waals surface area contributed by atoms with Crippen molar-refractivity contribution in [3.05, 3.63) is 90.5 Å². The summed E-state index contributed by atoms with van der Waals surface area (Å²) in [6.07, 6.45) is -5.51. The van der Waals surface area contributed by atoms with E-state index in [0.29, 0.717) is 15.6 Å². The fourth-order valence-electron chi connectivity index (χ4n) is 2.81. The predicted octanol–water partition coefficient (Wildman–Crippen LogP) is 5.05. The predicted molar refractivity (Wildman–Crippen MR) is 113 cm³/mol. The van der Waals surface area contributed by atoms with Crippen molar-refractivity contribution < 1.29 is 31.1 Å². The molecule has 0 atom stereocenters. The highest BCUT2D eigenvalue weighted by atomic mass is 32.2. The normalized spacial score (nSPS) is 11.9. The molecule has 3 aromatic carbocycles. The molecule has 168 valence electrons. The van der Waals surface area contributed by atoms with Gasteiger partial charge in [0.25, 0.3) is 0 Å². The van der Waals surface area contributed by atoms with Crippen LogP contribution in [-0.4, -0.2) is 31.5 Å². The van der Waals surface area contributed by atoms with Gasteiger partial charge in [0.15, 0.2) is 0 Å². The highest BCUT2D eigenvalue weighted by Crippen LogP contribution is 2.25. The Morgan fingerprint density at radius 1 is 0.875 bits per heavy atom. The topological polar surface area (TPSA) is 75.7 Å². The van der Waals surface area contributed by atoms with Crippen LogP contribution in [0.1, 0.15) is 5.56 Å². The van der Waals surface area contributed by atoms with E-state index in [1.54, 1.807) is 60.7 Å². The molecule has 0 aliphatic heterocycles. The van der Waals surface area contributed by atoms with E-state index in [-0.39, 0.29) is 10.6 Å². The summed E-state index contributed by atoms with van der Waals surface area (Å²) in [5, 5.41) is 2.43. The van der Waals surface area contributed by atoms with Gasteiger partial charge in [0.2, 0.25) is 10.0 Å². The summed E-state index contributed by atoms with van der Waals surface area (Å²) >= 11 is 0. The van der Waals surface area contributed by atoms with Crippen molar-refractivity contribution >= 4 is 21.8 Å². The minimum atomic E-state index is -4.72. The third-order valence-electron chi connectivity index (χ3n) is 4.25. The number of carbonyl (C=O) groups is 1. The van der Waals surface area contributed by atoms with E-state index in [2.05, 4.69) is 5.32 Å². The van der Waals surface area contributed by atoms with Crippen LogP contribution in [0.25, 0.3) is 0 Å². The minimum Gasteiger partial charge on any atom is -0.410 e. The van der Waals surface area contributed by atoms with Gasteiger partial charge in [-0.1, -0.05) is 48.5 Å². The molecule has 32 heavy (non-hydrogen) atoms. The highest BCUT2D eigenvalue weighted by molar-refractivity contribution is 7.89. The first kappa shape index (κ1) is 23.3. The number of nitrogens with one attached hydrogen (secondary N) is 1. The van der Waals surface area contributed by atoms with Gasteiger partial charge in [0.1, 0.15) is 12.3 Å². The van der Waals surface area contributed by atoms with Gasteiger partial charge in [-0.15, -0.1) is 0 Å². The van der Waals surface area contributed by atoms with E-state index in [1.165, 1.54) is 12.1 Å². The number of anilines is 1. The molecule has 6 nitrogen and oxygen atoms in total. The standard InChI is InChI=1S/C22H19F3N2O4S/c23-22(24,25)16-27(15-17-7-3-1-4-8-17)32(29,30)20-13-11-18(12-14-20)26-21(28)31-19-9-5-2-6-10-19/h1-14H,15-16H2,(H,26,28). The monoisotopic (exact) mass is 464 g/mol. The van der Waals surface area contributed by atoms with Gasteiger partial charge in [-0.25, -0.2) is 13.2 Å². The van der Waals surface area contributed by atoms with Crippen LogP contribution in [0.5, 0.6) is 5.75 Å². The van der Waals surface area contributed by atoms with Gasteiger partial charge in [0.05, 0.1) is 4.90 Å². The van der Waals surface area contributed by atoms with Crippen molar-refractivity contribution in [1.82, 2.24) is 4.31 Å². The molecule has 1 amide bonds. The van der Waals surface area contributed by atoms with Crippen molar-refractivity contribution in [3.8, 4) is 5.75 Å². The van der Waals surface area contributed by atoms with Crippen LogP contribution in [0.3, 0.4) is 0 Å². The van der Waals surface area contributed by atoms with Gasteiger partial charge in [-0.3, -0.25) is 5.32 Å². The second-order valence-electron chi connectivity index (χ2n) is 6.73. The van der Waals surface area contributed by atoms with Crippen molar-refractivity contribution in [2.75, 3.05) is 11.9 Å². The number of sulfonamides is 1. The average Bonchev–Trinajstić information content (AvgIpc) is 2.74. The third-order valence-corrected chi connectivity index (χ3v) is 6.06. The summed E-state index contributed by atoms with van der Waals surface area (Å²) < 4.78 is 70.5. The Morgan fingerprint density at radius 3 is 2.00 bits per heavy atom. The maximum Gasteiger partial charge on any atom is 0.417 e. The second kappa shape index (κ2) is 9.84. The molecule has 3 rings (SSSR count). The smallest absolute Gasteiger partial charge is 0.410 e. The number of alkyl halides is 3. The van der Waals surface area contributed by atoms with E-state index in [4.69, 9.17) is 4.74 Å². The Balaban J connectivity index is 1.75. The zero-order valence-corrected chi connectivity index (χ0v) is 17.4. The van der Waals surface area contributed by atoms with E-state index >= 15 is 0 Å². The Hall–Kier alpha value is -3.37. The Labute approximate surface area is 183 Å². The van der Waals surface area contributed by atoms with Gasteiger partial charge in [-0.05, 0) is 42.0 Å². The molecular formula is C22H19F3N2O4S. The maximum absolute atomic E-state index is 13.1. The summed E-state index contributed by atoms with van der Waals surface area (Å²) in [4.78, 5) is 11.6. The van der Waals surface area contributed by atoms with E-state index in [0.717, 1.165) is 12.1 Å². The molecule has 0 aliphatic rings. The summed E-state index contributed by atoms with van der Waals surface area (Å²) in [6, 6.07) is 21.1. The summed E-state index contributed by atoms with van der Waals surface area (Å²) in [6.45, 7) is -2.07. The van der Waals surface area contributed by atoms with Gasteiger partial charge < -0.3 is 4.74 Å². The fourth-order valence-corrected chi connectivity index (χ4v) is 4.22. The first-order valence-electron chi connectivity index (χ1n) is 9.38. The number of hydrogen-bond acceptors (Lipinski definition) is 4. The van der Waals surface area contributed by atoms with Crippen molar-refractivity contribution in [3.63, 3.8) is 0 Å². The molecular weight excluding hydrogens is 445 g/mol. The molecule has 0 saturated carbocycles. The SMILES string of the molecule is O=C(Nc1ccc(S(=O)(=O)N(Cc2ccccc2)CC(F)(F)F)cc1)Oc1ccccc1. The number of carbonyl (C=O) groups excluding carboxylic acids is 1. The quantitative estimate of drug-likeness (QED) is 0.531. The molecule has 0 aromatic heterocycles. The molecule has 0 heterocycles. The highest BCUT2D eigenvalue weighted by Gasteiger charge is 2.37. The number of para-hydroxylation sites is 1. The lowest BCUT2D eigenvalue weighted by molar-refractivity contribution is -0.136. The van der Waals surface area contributed by atoms with Crippen LogP contribution >= 0.6 is 0 Å². The molecule has 1 N–H and O–H groups in total. The summed E-state index contributed by atoms with van der Waals surface area (Å²) in [5.74, 6) is 0.313. The van der Waals surface area contributed by atoms with Crippen molar-refractivity contribution in [2.24, 2.45) is 0 Å². The molecule has 0 bridgehead atoms. The van der Waals surface area contributed by atoms with Crippen LogP contribution in [-0.2, 0) is 16.6 Å². The summed E-state index contributed by atoms with van der Waals surface area (Å²) in [5.41, 5.74) is 0.637. The lowest BCUT2D eigenvalue weighted by Crippen LogP contribution is -2.38. The van der Waals surface area contributed by atoms with E-state index in [1.807, 2.05) is 0 Å². The first-order valence-corrected chi connectivity index (χ1v) is 10.8. The number of nitrogens with zero attached hydrogens (tertiary/aromatic N) is 1. The van der Waals surface area contributed by atoms with Gasteiger partial charge in [-0.2, -0.15) is 17.5 Å². The van der Waals surface area contributed by atoms with Crippen LogP contribution in [0.15, 0.2) is 89.8 Å². The molecule has 0 spiro atoms. The number of halogens is 3. The Morgan fingerprint density at radius 2 is 1.44 bits per heavy atom. The van der Waals surface area contributed by atoms with Crippen molar-refractivity contribution in [2.45, 2.75) is 17.6 Å². The van der Waals surface area contributed by atoms with Crippen LogP contribution < -0.4 is 10.1 Å². The molecule has 0 aliphatic carbocycles. The third kappa shape index (κ3) is 6.56. The van der Waals surface area contributed by atoms with Crippen LogP contribution in [0.4, 0.5) is 23.7 Å². The fraction of sp³-hybridized carbons (Fsp3) is 0.136. The molecule has 10 heteroatoms. The van der Waals surface area contributed by atoms with Gasteiger partial charge >= 0.3 is 12.3 Å². The molecule has 0 radical (unpaired) electrons. The molecule has 0 fully saturated rings. The molecule has 0 saturated heterocycles. The number of hydrogen-bond donors (Lipinski definition) is 1. The van der Waals surface area contributed by atoms with E-state index < -0.39 is 35.4 Å². The van der Waals surface area contributed by atoms with E-state index in [9.17, 15) is 26.4 Å². The Kier molecular flexibility index (Phi) is 7.16. The van der Waals surface area contributed by atoms with Crippen LogP contribution in [0.2, 0.25) is 0 Å². The maximum atomic E-state index is 13.1. The minimum absolute atomic E-state index is 0.218.